The summed E-state index contributed by atoms with van der Waals surface area (Å²) in [4.78, 5) is 24.2. The Balaban J connectivity index is 1.99. The van der Waals surface area contributed by atoms with E-state index in [1.165, 1.54) is 16.9 Å². The molecule has 1 amide bonds. The van der Waals surface area contributed by atoms with Crippen LogP contribution >= 0.6 is 11.3 Å². The molecule has 1 aromatic heterocycles. The fraction of sp³-hybridized carbons (Fsp3) is 0.294. The molecular formula is C17H19NO4S. The molecule has 23 heavy (non-hydrogen) atoms. The number of hydrogen-bond donors (Lipinski definition) is 2. The van der Waals surface area contributed by atoms with Gasteiger partial charge in [-0.25, -0.2) is 4.79 Å². The molecule has 2 aromatic rings. The minimum atomic E-state index is -1.04. The number of carboxylic acids is 1. The molecule has 0 aliphatic heterocycles. The highest BCUT2D eigenvalue weighted by atomic mass is 32.1. The molecule has 0 fully saturated rings. The Bertz CT molecular complexity index is 719. The summed E-state index contributed by atoms with van der Waals surface area (Å²) in [5, 5.41) is 12.2. The molecule has 0 radical (unpaired) electrons. The Morgan fingerprint density at radius 3 is 2.43 bits per heavy atom. The van der Waals surface area contributed by atoms with Crippen LogP contribution in [0.3, 0.4) is 0 Å². The predicted octanol–water partition coefficient (Wildman–Crippen LogP) is 3.64. The lowest BCUT2D eigenvalue weighted by Crippen LogP contribution is -2.20. The van der Waals surface area contributed by atoms with Gasteiger partial charge in [0.05, 0.1) is 5.56 Å². The van der Waals surface area contributed by atoms with E-state index in [0.29, 0.717) is 16.3 Å². The highest BCUT2D eigenvalue weighted by Gasteiger charge is 2.20. The summed E-state index contributed by atoms with van der Waals surface area (Å²) >= 11 is 1.26. The first-order valence-electron chi connectivity index (χ1n) is 7.27. The van der Waals surface area contributed by atoms with Gasteiger partial charge >= 0.3 is 5.97 Å². The Hall–Kier alpha value is -2.34. The van der Waals surface area contributed by atoms with Gasteiger partial charge in [-0.2, -0.15) is 0 Å². The molecular weight excluding hydrogens is 314 g/mol. The average molecular weight is 333 g/mol. The first-order chi connectivity index (χ1) is 10.9. The van der Waals surface area contributed by atoms with Crippen LogP contribution in [-0.4, -0.2) is 23.6 Å². The number of aryl methyl sites for hydroxylation is 2. The highest BCUT2D eigenvalue weighted by molar-refractivity contribution is 7.16. The van der Waals surface area contributed by atoms with E-state index in [1.807, 2.05) is 31.2 Å². The van der Waals surface area contributed by atoms with Gasteiger partial charge in [0, 0.05) is 4.88 Å². The zero-order chi connectivity index (χ0) is 17.0. The van der Waals surface area contributed by atoms with Gasteiger partial charge in [0.15, 0.2) is 6.61 Å². The van der Waals surface area contributed by atoms with Gasteiger partial charge in [-0.1, -0.05) is 19.1 Å². The minimum Gasteiger partial charge on any atom is -0.484 e. The van der Waals surface area contributed by atoms with Crippen LogP contribution in [0.25, 0.3) is 0 Å². The summed E-state index contributed by atoms with van der Waals surface area (Å²) in [5.74, 6) is -0.819. The number of thiophene rings is 1. The largest absolute Gasteiger partial charge is 0.484 e. The van der Waals surface area contributed by atoms with Crippen LogP contribution < -0.4 is 10.1 Å². The minimum absolute atomic E-state index is 0.146. The van der Waals surface area contributed by atoms with Crippen molar-refractivity contribution < 1.29 is 19.4 Å². The van der Waals surface area contributed by atoms with Crippen LogP contribution in [0.4, 0.5) is 5.00 Å². The molecule has 0 spiro atoms. The number of nitrogens with one attached hydrogen (secondary N) is 1. The summed E-state index contributed by atoms with van der Waals surface area (Å²) in [6.45, 7) is 5.46. The standard InChI is InChI=1S/C17H19NO4S/c1-4-12-5-7-13(8-6-12)22-9-14(19)18-16-15(17(20)21)10(2)11(3)23-16/h5-8H,4,9H2,1-3H3,(H,18,19)(H,20,21). The first-order valence-corrected chi connectivity index (χ1v) is 8.08. The zero-order valence-electron chi connectivity index (χ0n) is 13.3. The van der Waals surface area contributed by atoms with Crippen molar-refractivity contribution in [1.82, 2.24) is 0 Å². The fourth-order valence-electron chi connectivity index (χ4n) is 2.11. The Morgan fingerprint density at radius 2 is 1.87 bits per heavy atom. The zero-order valence-corrected chi connectivity index (χ0v) is 14.1. The van der Waals surface area contributed by atoms with E-state index in [9.17, 15) is 14.7 Å². The topological polar surface area (TPSA) is 75.6 Å². The van der Waals surface area contributed by atoms with Crippen molar-refractivity contribution in [2.75, 3.05) is 11.9 Å². The van der Waals surface area contributed by atoms with Crippen LogP contribution in [0.5, 0.6) is 5.75 Å². The van der Waals surface area contributed by atoms with E-state index in [1.54, 1.807) is 6.92 Å². The summed E-state index contributed by atoms with van der Waals surface area (Å²) in [6.07, 6.45) is 0.940. The number of carbonyl (C=O) groups is 2. The normalized spacial score (nSPS) is 10.4. The van der Waals surface area contributed by atoms with Crippen LogP contribution in [0, 0.1) is 13.8 Å². The van der Waals surface area contributed by atoms with Crippen LogP contribution in [0.15, 0.2) is 24.3 Å². The molecule has 0 unspecified atom stereocenters. The molecule has 0 saturated carbocycles. The Labute approximate surface area is 138 Å². The summed E-state index contributed by atoms with van der Waals surface area (Å²) < 4.78 is 5.42. The molecule has 0 atom stereocenters. The second kappa shape index (κ2) is 7.28. The molecule has 0 aliphatic rings. The molecule has 1 aromatic carbocycles. The summed E-state index contributed by atoms with van der Waals surface area (Å²) in [6, 6.07) is 7.52. The van der Waals surface area contributed by atoms with E-state index in [2.05, 4.69) is 12.2 Å². The number of ether oxygens (including phenoxy) is 1. The van der Waals surface area contributed by atoms with Gasteiger partial charge in [-0.05, 0) is 43.5 Å². The molecule has 6 heteroatoms. The van der Waals surface area contributed by atoms with E-state index in [4.69, 9.17) is 4.74 Å². The smallest absolute Gasteiger partial charge is 0.338 e. The van der Waals surface area contributed by atoms with Gasteiger partial charge < -0.3 is 15.2 Å². The SMILES string of the molecule is CCc1ccc(OCC(=O)Nc2sc(C)c(C)c2C(=O)O)cc1. The second-order valence-electron chi connectivity index (χ2n) is 5.13. The van der Waals surface area contributed by atoms with Crippen LogP contribution in [-0.2, 0) is 11.2 Å². The number of anilines is 1. The Morgan fingerprint density at radius 1 is 1.22 bits per heavy atom. The number of amides is 1. The van der Waals surface area contributed by atoms with Crippen molar-refractivity contribution in [2.24, 2.45) is 0 Å². The average Bonchev–Trinajstić information content (AvgIpc) is 2.80. The van der Waals surface area contributed by atoms with Gasteiger partial charge in [0.25, 0.3) is 5.91 Å². The third-order valence-corrected chi connectivity index (χ3v) is 4.68. The number of aromatic carboxylic acids is 1. The lowest BCUT2D eigenvalue weighted by molar-refractivity contribution is -0.118. The van der Waals surface area contributed by atoms with E-state index in [-0.39, 0.29) is 18.1 Å². The van der Waals surface area contributed by atoms with Crippen molar-refractivity contribution in [3.63, 3.8) is 0 Å². The van der Waals surface area contributed by atoms with Gasteiger partial charge in [0.2, 0.25) is 0 Å². The van der Waals surface area contributed by atoms with Gasteiger partial charge in [-0.3, -0.25) is 4.79 Å². The number of rotatable bonds is 6. The van der Waals surface area contributed by atoms with Crippen molar-refractivity contribution in [3.05, 3.63) is 45.8 Å². The number of benzene rings is 1. The predicted molar refractivity (Wildman–Crippen MR) is 90.7 cm³/mol. The molecule has 1 heterocycles. The molecule has 0 saturated heterocycles. The first kappa shape index (κ1) is 17.0. The lowest BCUT2D eigenvalue weighted by Gasteiger charge is -2.07. The quantitative estimate of drug-likeness (QED) is 0.846. The number of hydrogen-bond acceptors (Lipinski definition) is 4. The maximum atomic E-state index is 12.0. The van der Waals surface area contributed by atoms with Crippen LogP contribution in [0.2, 0.25) is 0 Å². The monoisotopic (exact) mass is 333 g/mol. The highest BCUT2D eigenvalue weighted by Crippen LogP contribution is 2.32. The van der Waals surface area contributed by atoms with Crippen molar-refractivity contribution in [2.45, 2.75) is 27.2 Å². The van der Waals surface area contributed by atoms with Crippen molar-refractivity contribution >= 4 is 28.2 Å². The van der Waals surface area contributed by atoms with Gasteiger partial charge in [0.1, 0.15) is 10.8 Å². The van der Waals surface area contributed by atoms with E-state index in [0.717, 1.165) is 11.3 Å². The second-order valence-corrected chi connectivity index (χ2v) is 6.35. The van der Waals surface area contributed by atoms with E-state index >= 15 is 0 Å². The number of carbonyl (C=O) groups excluding carboxylic acids is 1. The Kier molecular flexibility index (Phi) is 5.39. The third-order valence-electron chi connectivity index (χ3n) is 3.55. The van der Waals surface area contributed by atoms with Crippen LogP contribution in [0.1, 0.15) is 33.3 Å². The third kappa shape index (κ3) is 4.10. The molecule has 0 aliphatic carbocycles. The maximum absolute atomic E-state index is 12.0. The van der Waals surface area contributed by atoms with Crippen molar-refractivity contribution in [1.29, 1.82) is 0 Å². The van der Waals surface area contributed by atoms with E-state index < -0.39 is 5.97 Å². The fourth-order valence-corrected chi connectivity index (χ4v) is 3.17. The summed E-state index contributed by atoms with van der Waals surface area (Å²) in [7, 11) is 0. The lowest BCUT2D eigenvalue weighted by atomic mass is 10.1. The molecule has 0 bridgehead atoms. The summed E-state index contributed by atoms with van der Waals surface area (Å²) in [5.41, 5.74) is 2.01. The molecule has 2 rings (SSSR count). The number of carboxylic acid groups (broad SMARTS) is 1. The molecule has 2 N–H and O–H groups in total. The maximum Gasteiger partial charge on any atom is 0.338 e. The molecule has 122 valence electrons. The molecule has 5 nitrogen and oxygen atoms in total. The van der Waals surface area contributed by atoms with Gasteiger partial charge in [-0.15, -0.1) is 11.3 Å². The van der Waals surface area contributed by atoms with Crippen molar-refractivity contribution in [3.8, 4) is 5.75 Å².